The Balaban J connectivity index is 1.56. The first-order valence-corrected chi connectivity index (χ1v) is 9.30. The highest BCUT2D eigenvalue weighted by Crippen LogP contribution is 2.17. The van der Waals surface area contributed by atoms with Crippen molar-refractivity contribution in [3.8, 4) is 0 Å². The lowest BCUT2D eigenvalue weighted by atomic mass is 10.2. The van der Waals surface area contributed by atoms with E-state index in [9.17, 15) is 14.0 Å². The summed E-state index contributed by atoms with van der Waals surface area (Å²) in [5.74, 6) is -0.258. The number of carbonyl (C=O) groups excluding carboxylic acids is 1. The van der Waals surface area contributed by atoms with Gasteiger partial charge in [0.15, 0.2) is 0 Å². The third-order valence-corrected chi connectivity index (χ3v) is 5.33. The Hall–Kier alpha value is -2.67. The van der Waals surface area contributed by atoms with Gasteiger partial charge in [0.1, 0.15) is 11.3 Å². The van der Waals surface area contributed by atoms with Crippen molar-refractivity contribution in [3.63, 3.8) is 0 Å². The van der Waals surface area contributed by atoms with Crippen LogP contribution in [0.2, 0.25) is 0 Å². The zero-order chi connectivity index (χ0) is 19.0. The number of nitrogens with zero attached hydrogens (tertiary/aromatic N) is 4. The van der Waals surface area contributed by atoms with Crippen molar-refractivity contribution >= 4 is 22.5 Å². The second-order valence-corrected chi connectivity index (χ2v) is 7.14. The zero-order valence-electron chi connectivity index (χ0n) is 15.4. The van der Waals surface area contributed by atoms with Crippen molar-refractivity contribution < 1.29 is 9.18 Å². The Labute approximate surface area is 156 Å². The number of likely N-dealkylation sites (N-methyl/N-ethyl adjacent to an activating group) is 1. The minimum Gasteiger partial charge on any atom is -0.340 e. The molecule has 0 radical (unpaired) electrons. The van der Waals surface area contributed by atoms with Gasteiger partial charge in [-0.1, -0.05) is 0 Å². The van der Waals surface area contributed by atoms with Crippen LogP contribution in [-0.4, -0.2) is 57.9 Å². The Kier molecular flexibility index (Phi) is 4.70. The molecule has 0 bridgehead atoms. The molecule has 142 valence electrons. The monoisotopic (exact) mass is 370 g/mol. The van der Waals surface area contributed by atoms with Crippen LogP contribution in [0.1, 0.15) is 12.8 Å². The quantitative estimate of drug-likeness (QED) is 0.705. The molecule has 6 nitrogen and oxygen atoms in total. The molecule has 1 saturated heterocycles. The average molecular weight is 370 g/mol. The van der Waals surface area contributed by atoms with Crippen LogP contribution in [0.4, 0.5) is 4.39 Å². The molecule has 0 unspecified atom stereocenters. The number of benzene rings is 1. The molecule has 27 heavy (non-hydrogen) atoms. The van der Waals surface area contributed by atoms with Gasteiger partial charge in [-0.25, -0.2) is 4.39 Å². The first-order valence-electron chi connectivity index (χ1n) is 9.30. The molecule has 1 aromatic carbocycles. The Morgan fingerprint density at radius 1 is 1.07 bits per heavy atom. The van der Waals surface area contributed by atoms with Gasteiger partial charge in [-0.15, -0.1) is 0 Å². The van der Waals surface area contributed by atoms with Crippen LogP contribution in [-0.2, 0) is 11.3 Å². The maximum absolute atomic E-state index is 13.8. The van der Waals surface area contributed by atoms with E-state index in [0.29, 0.717) is 30.4 Å². The molecule has 3 heterocycles. The van der Waals surface area contributed by atoms with Gasteiger partial charge in [-0.2, -0.15) is 0 Å². The molecule has 1 aliphatic rings. The number of amides is 1. The molecular weight excluding hydrogens is 347 g/mol. The van der Waals surface area contributed by atoms with Crippen molar-refractivity contribution in [1.82, 2.24) is 18.8 Å². The summed E-state index contributed by atoms with van der Waals surface area (Å²) in [5, 5.41) is 0. The van der Waals surface area contributed by atoms with Crippen molar-refractivity contribution in [3.05, 3.63) is 52.7 Å². The van der Waals surface area contributed by atoms with Gasteiger partial charge in [-0.05, 0) is 43.8 Å². The minimum absolute atomic E-state index is 0.121. The first kappa shape index (κ1) is 17.7. The van der Waals surface area contributed by atoms with Crippen molar-refractivity contribution in [2.75, 3.05) is 33.2 Å². The third-order valence-electron chi connectivity index (χ3n) is 5.33. The fraction of sp³-hybridized carbons (Fsp3) is 0.400. The van der Waals surface area contributed by atoms with Gasteiger partial charge in [0.25, 0.3) is 5.56 Å². The number of aryl methyl sites for hydroxylation is 1. The number of piperazine rings is 1. The van der Waals surface area contributed by atoms with E-state index in [2.05, 4.69) is 11.9 Å². The van der Waals surface area contributed by atoms with Gasteiger partial charge in [0.2, 0.25) is 5.91 Å². The van der Waals surface area contributed by atoms with E-state index in [1.807, 2.05) is 4.90 Å². The smallest absolute Gasteiger partial charge is 0.275 e. The first-order chi connectivity index (χ1) is 13.0. The summed E-state index contributed by atoms with van der Waals surface area (Å²) in [6, 6.07) is 8.03. The number of halogens is 1. The number of carbonyl (C=O) groups is 1. The highest BCUT2D eigenvalue weighted by atomic mass is 19.1. The number of fused-ring (bicyclic) bond motifs is 3. The Morgan fingerprint density at radius 3 is 2.63 bits per heavy atom. The van der Waals surface area contributed by atoms with E-state index < -0.39 is 0 Å². The lowest BCUT2D eigenvalue weighted by Crippen LogP contribution is -2.47. The summed E-state index contributed by atoms with van der Waals surface area (Å²) in [6.07, 6.45) is 2.74. The number of aromatic nitrogens is 2. The standard InChI is InChI=1S/C20H23FN4O2/c1-22-10-12-23(13-11-22)19(26)5-3-9-25-18-14-15(21)6-7-16(18)24-8-2-4-17(24)20(25)27/h2,4,6-8,14H,3,5,9-13H2,1H3. The van der Waals surface area contributed by atoms with Crippen LogP contribution in [0.5, 0.6) is 0 Å². The van der Waals surface area contributed by atoms with Crippen LogP contribution in [0, 0.1) is 5.82 Å². The lowest BCUT2D eigenvalue weighted by Gasteiger charge is -2.32. The van der Waals surface area contributed by atoms with Crippen molar-refractivity contribution in [1.29, 1.82) is 0 Å². The number of hydrogen-bond acceptors (Lipinski definition) is 3. The van der Waals surface area contributed by atoms with Crippen LogP contribution in [0.15, 0.2) is 41.3 Å². The van der Waals surface area contributed by atoms with E-state index in [0.717, 1.165) is 31.7 Å². The topological polar surface area (TPSA) is 50.0 Å². The van der Waals surface area contributed by atoms with E-state index >= 15 is 0 Å². The van der Waals surface area contributed by atoms with E-state index in [1.54, 1.807) is 33.4 Å². The summed E-state index contributed by atoms with van der Waals surface area (Å²) in [6.45, 7) is 3.67. The van der Waals surface area contributed by atoms with Crippen molar-refractivity contribution in [2.24, 2.45) is 0 Å². The minimum atomic E-state index is -0.379. The van der Waals surface area contributed by atoms with Crippen LogP contribution >= 0.6 is 0 Å². The number of rotatable bonds is 4. The molecule has 0 aliphatic carbocycles. The normalized spacial score (nSPS) is 15.7. The molecule has 0 N–H and O–H groups in total. The van der Waals surface area contributed by atoms with Gasteiger partial charge < -0.3 is 18.8 Å². The molecule has 3 aromatic rings. The molecular formula is C20H23FN4O2. The Bertz CT molecular complexity index is 1050. The van der Waals surface area contributed by atoms with Crippen LogP contribution < -0.4 is 5.56 Å². The Morgan fingerprint density at radius 2 is 1.85 bits per heavy atom. The zero-order valence-corrected chi connectivity index (χ0v) is 15.4. The maximum Gasteiger partial charge on any atom is 0.275 e. The second kappa shape index (κ2) is 7.15. The summed E-state index contributed by atoms with van der Waals surface area (Å²) >= 11 is 0. The number of hydrogen-bond donors (Lipinski definition) is 0. The molecule has 0 saturated carbocycles. The molecule has 0 atom stereocenters. The fourth-order valence-corrected chi connectivity index (χ4v) is 3.75. The van der Waals surface area contributed by atoms with Gasteiger partial charge >= 0.3 is 0 Å². The van der Waals surface area contributed by atoms with E-state index in [4.69, 9.17) is 0 Å². The molecule has 2 aromatic heterocycles. The molecule has 7 heteroatoms. The molecule has 1 fully saturated rings. The fourth-order valence-electron chi connectivity index (χ4n) is 3.75. The van der Waals surface area contributed by atoms with E-state index in [-0.39, 0.29) is 17.3 Å². The van der Waals surface area contributed by atoms with Gasteiger partial charge in [0, 0.05) is 45.3 Å². The molecule has 4 rings (SSSR count). The van der Waals surface area contributed by atoms with Crippen molar-refractivity contribution in [2.45, 2.75) is 19.4 Å². The highest BCUT2D eigenvalue weighted by molar-refractivity contribution is 5.79. The predicted octanol–water partition coefficient (Wildman–Crippen LogP) is 1.95. The van der Waals surface area contributed by atoms with Crippen LogP contribution in [0.3, 0.4) is 0 Å². The third kappa shape index (κ3) is 3.35. The van der Waals surface area contributed by atoms with Crippen LogP contribution in [0.25, 0.3) is 16.6 Å². The van der Waals surface area contributed by atoms with E-state index in [1.165, 1.54) is 12.1 Å². The lowest BCUT2D eigenvalue weighted by molar-refractivity contribution is -0.132. The summed E-state index contributed by atoms with van der Waals surface area (Å²) in [4.78, 5) is 29.4. The SMILES string of the molecule is CN1CCN(C(=O)CCCn2c(=O)c3cccn3c3ccc(F)cc32)CC1. The summed E-state index contributed by atoms with van der Waals surface area (Å²) in [7, 11) is 2.05. The predicted molar refractivity (Wildman–Crippen MR) is 102 cm³/mol. The average Bonchev–Trinajstić information content (AvgIpc) is 3.15. The molecule has 1 amide bonds. The highest BCUT2D eigenvalue weighted by Gasteiger charge is 2.19. The van der Waals surface area contributed by atoms with Gasteiger partial charge in [0.05, 0.1) is 11.0 Å². The molecule has 1 aliphatic heterocycles. The largest absolute Gasteiger partial charge is 0.340 e. The second-order valence-electron chi connectivity index (χ2n) is 7.14. The van der Waals surface area contributed by atoms with Gasteiger partial charge in [-0.3, -0.25) is 9.59 Å². The maximum atomic E-state index is 13.8. The summed E-state index contributed by atoms with van der Waals surface area (Å²) in [5.41, 5.74) is 1.72. The summed E-state index contributed by atoms with van der Waals surface area (Å²) < 4.78 is 17.2. The molecule has 0 spiro atoms.